The van der Waals surface area contributed by atoms with Gasteiger partial charge in [0.05, 0.1) is 4.88 Å². The number of nitrogens with one attached hydrogen (secondary N) is 3. The Morgan fingerprint density at radius 2 is 1.95 bits per heavy atom. The SMILES string of the molecule is Cc1cccc(NC(=S)NNC(=O)c2cccs2)c1C. The summed E-state index contributed by atoms with van der Waals surface area (Å²) in [5, 5.41) is 5.26. The molecular weight excluding hydrogens is 290 g/mol. The number of hydrazine groups is 1. The van der Waals surface area contributed by atoms with Gasteiger partial charge >= 0.3 is 0 Å². The van der Waals surface area contributed by atoms with E-state index in [4.69, 9.17) is 12.2 Å². The maximum absolute atomic E-state index is 11.7. The van der Waals surface area contributed by atoms with E-state index in [2.05, 4.69) is 16.2 Å². The van der Waals surface area contributed by atoms with Crippen molar-refractivity contribution in [2.24, 2.45) is 0 Å². The summed E-state index contributed by atoms with van der Waals surface area (Å²) in [5.41, 5.74) is 8.48. The van der Waals surface area contributed by atoms with E-state index in [1.54, 1.807) is 6.07 Å². The molecule has 0 aliphatic rings. The van der Waals surface area contributed by atoms with Crippen molar-refractivity contribution in [1.82, 2.24) is 10.9 Å². The van der Waals surface area contributed by atoms with Crippen LogP contribution < -0.4 is 16.2 Å². The molecule has 0 unspecified atom stereocenters. The Kier molecular flexibility index (Phi) is 4.70. The van der Waals surface area contributed by atoms with Crippen LogP contribution in [0.25, 0.3) is 0 Å². The summed E-state index contributed by atoms with van der Waals surface area (Å²) in [4.78, 5) is 12.4. The molecule has 0 atom stereocenters. The van der Waals surface area contributed by atoms with Crippen LogP contribution in [0.15, 0.2) is 35.7 Å². The smallest absolute Gasteiger partial charge is 0.279 e. The Bertz CT molecular complexity index is 623. The Labute approximate surface area is 127 Å². The minimum atomic E-state index is -0.204. The summed E-state index contributed by atoms with van der Waals surface area (Å²) in [5.74, 6) is -0.204. The summed E-state index contributed by atoms with van der Waals surface area (Å²) in [6, 6.07) is 9.51. The highest BCUT2D eigenvalue weighted by molar-refractivity contribution is 7.80. The third kappa shape index (κ3) is 3.55. The number of hydrogen-bond acceptors (Lipinski definition) is 3. The number of amides is 1. The lowest BCUT2D eigenvalue weighted by Gasteiger charge is -2.14. The van der Waals surface area contributed by atoms with Gasteiger partial charge in [-0.2, -0.15) is 0 Å². The van der Waals surface area contributed by atoms with E-state index < -0.39 is 0 Å². The molecule has 20 heavy (non-hydrogen) atoms. The summed E-state index contributed by atoms with van der Waals surface area (Å²) in [6.07, 6.45) is 0. The molecule has 0 bridgehead atoms. The van der Waals surface area contributed by atoms with Crippen molar-refractivity contribution >= 4 is 40.3 Å². The summed E-state index contributed by atoms with van der Waals surface area (Å²) in [6.45, 7) is 4.06. The fraction of sp³-hybridized carbons (Fsp3) is 0.143. The van der Waals surface area contributed by atoms with E-state index in [0.29, 0.717) is 9.99 Å². The molecule has 0 radical (unpaired) electrons. The molecule has 2 aromatic rings. The standard InChI is InChI=1S/C14H15N3OS2/c1-9-5-3-6-11(10(9)2)15-14(19)17-16-13(18)12-7-4-8-20-12/h3-8H,1-2H3,(H,16,18)(H2,15,17,19). The lowest BCUT2D eigenvalue weighted by molar-refractivity contribution is 0.0948. The van der Waals surface area contributed by atoms with Gasteiger partial charge in [-0.05, 0) is 54.7 Å². The molecular formula is C14H15N3OS2. The third-order valence-corrected chi connectivity index (χ3v) is 3.96. The van der Waals surface area contributed by atoms with Gasteiger partial charge in [0.2, 0.25) is 0 Å². The van der Waals surface area contributed by atoms with Gasteiger partial charge in [-0.15, -0.1) is 11.3 Å². The van der Waals surface area contributed by atoms with E-state index >= 15 is 0 Å². The van der Waals surface area contributed by atoms with Crippen LogP contribution in [0.5, 0.6) is 0 Å². The van der Waals surface area contributed by atoms with Crippen LogP contribution in [-0.2, 0) is 0 Å². The molecule has 3 N–H and O–H groups in total. The second kappa shape index (κ2) is 6.49. The Hall–Kier alpha value is -1.92. The van der Waals surface area contributed by atoms with Crippen LogP contribution in [0, 0.1) is 13.8 Å². The molecule has 1 aromatic carbocycles. The quantitative estimate of drug-likeness (QED) is 0.590. The molecule has 104 valence electrons. The summed E-state index contributed by atoms with van der Waals surface area (Å²) < 4.78 is 0. The lowest BCUT2D eigenvalue weighted by atomic mass is 10.1. The van der Waals surface area contributed by atoms with Crippen LogP contribution >= 0.6 is 23.6 Å². The lowest BCUT2D eigenvalue weighted by Crippen LogP contribution is -2.43. The number of rotatable bonds is 2. The van der Waals surface area contributed by atoms with E-state index in [9.17, 15) is 4.79 Å². The molecule has 4 nitrogen and oxygen atoms in total. The average Bonchev–Trinajstić information content (AvgIpc) is 2.95. The maximum atomic E-state index is 11.7. The molecule has 0 fully saturated rings. The Balaban J connectivity index is 1.90. The first-order valence-corrected chi connectivity index (χ1v) is 7.34. The van der Waals surface area contributed by atoms with Crippen molar-refractivity contribution in [2.75, 3.05) is 5.32 Å². The molecule has 0 saturated heterocycles. The van der Waals surface area contributed by atoms with Crippen LogP contribution in [0.3, 0.4) is 0 Å². The molecule has 1 heterocycles. The van der Waals surface area contributed by atoms with Crippen molar-refractivity contribution in [3.05, 3.63) is 51.7 Å². The van der Waals surface area contributed by atoms with Crippen molar-refractivity contribution in [3.8, 4) is 0 Å². The largest absolute Gasteiger partial charge is 0.331 e. The molecule has 0 aliphatic carbocycles. The summed E-state index contributed by atoms with van der Waals surface area (Å²) >= 11 is 6.53. The molecule has 6 heteroatoms. The number of carbonyl (C=O) groups excluding carboxylic acids is 1. The van der Waals surface area contributed by atoms with Crippen LogP contribution in [0.2, 0.25) is 0 Å². The van der Waals surface area contributed by atoms with E-state index in [1.807, 2.05) is 43.5 Å². The predicted molar refractivity (Wildman–Crippen MR) is 87.1 cm³/mol. The molecule has 1 aromatic heterocycles. The topological polar surface area (TPSA) is 53.2 Å². The minimum Gasteiger partial charge on any atom is -0.331 e. The van der Waals surface area contributed by atoms with Crippen LogP contribution in [0.1, 0.15) is 20.8 Å². The van der Waals surface area contributed by atoms with Gasteiger partial charge in [0, 0.05) is 5.69 Å². The van der Waals surface area contributed by atoms with Gasteiger partial charge in [0.1, 0.15) is 0 Å². The Morgan fingerprint density at radius 3 is 2.65 bits per heavy atom. The third-order valence-electron chi connectivity index (χ3n) is 2.89. The van der Waals surface area contributed by atoms with Crippen LogP contribution in [0.4, 0.5) is 5.69 Å². The van der Waals surface area contributed by atoms with E-state index in [0.717, 1.165) is 11.3 Å². The average molecular weight is 305 g/mol. The normalized spacial score (nSPS) is 9.90. The highest BCUT2D eigenvalue weighted by Gasteiger charge is 2.07. The highest BCUT2D eigenvalue weighted by Crippen LogP contribution is 2.17. The number of benzene rings is 1. The molecule has 0 saturated carbocycles. The fourth-order valence-electron chi connectivity index (χ4n) is 1.62. The first kappa shape index (κ1) is 14.5. The monoisotopic (exact) mass is 305 g/mol. The first-order valence-electron chi connectivity index (χ1n) is 6.05. The van der Waals surface area contributed by atoms with Crippen molar-refractivity contribution in [1.29, 1.82) is 0 Å². The zero-order valence-electron chi connectivity index (χ0n) is 11.2. The second-order valence-electron chi connectivity index (χ2n) is 4.26. The molecule has 0 aliphatic heterocycles. The number of anilines is 1. The molecule has 2 rings (SSSR count). The van der Waals surface area contributed by atoms with E-state index in [1.165, 1.54) is 16.9 Å². The number of carbonyl (C=O) groups is 1. The van der Waals surface area contributed by atoms with Crippen molar-refractivity contribution in [3.63, 3.8) is 0 Å². The van der Waals surface area contributed by atoms with Gasteiger partial charge in [-0.25, -0.2) is 0 Å². The first-order chi connectivity index (χ1) is 9.58. The minimum absolute atomic E-state index is 0.204. The molecule has 0 spiro atoms. The number of hydrogen-bond donors (Lipinski definition) is 3. The van der Waals surface area contributed by atoms with Gasteiger partial charge in [-0.1, -0.05) is 18.2 Å². The molecule has 1 amide bonds. The number of thiophene rings is 1. The van der Waals surface area contributed by atoms with Gasteiger partial charge in [0.25, 0.3) is 5.91 Å². The Morgan fingerprint density at radius 1 is 1.15 bits per heavy atom. The zero-order valence-corrected chi connectivity index (χ0v) is 12.8. The highest BCUT2D eigenvalue weighted by atomic mass is 32.1. The van der Waals surface area contributed by atoms with Crippen molar-refractivity contribution in [2.45, 2.75) is 13.8 Å². The van der Waals surface area contributed by atoms with Crippen LogP contribution in [-0.4, -0.2) is 11.0 Å². The van der Waals surface area contributed by atoms with Gasteiger partial charge in [-0.3, -0.25) is 15.6 Å². The van der Waals surface area contributed by atoms with Crippen molar-refractivity contribution < 1.29 is 4.79 Å². The van der Waals surface area contributed by atoms with Gasteiger partial charge < -0.3 is 5.32 Å². The van der Waals surface area contributed by atoms with E-state index in [-0.39, 0.29) is 5.91 Å². The zero-order chi connectivity index (χ0) is 14.5. The number of aryl methyl sites for hydroxylation is 1. The predicted octanol–water partition coefficient (Wildman–Crippen LogP) is 3.00. The second-order valence-corrected chi connectivity index (χ2v) is 5.61. The fourth-order valence-corrected chi connectivity index (χ4v) is 2.40. The number of thiocarbonyl (C=S) groups is 1. The maximum Gasteiger partial charge on any atom is 0.279 e. The summed E-state index contributed by atoms with van der Waals surface area (Å²) in [7, 11) is 0. The van der Waals surface area contributed by atoms with Gasteiger partial charge in [0.15, 0.2) is 5.11 Å².